The van der Waals surface area contributed by atoms with Crippen LogP contribution in [0.2, 0.25) is 0 Å². The maximum Gasteiger partial charge on any atom is 0.352 e. The summed E-state index contributed by atoms with van der Waals surface area (Å²) in [6.45, 7) is 1.85. The van der Waals surface area contributed by atoms with Crippen LogP contribution in [0.25, 0.3) is 0 Å². The number of cyclic esters (lactones) is 1. The van der Waals surface area contributed by atoms with E-state index in [4.69, 9.17) is 23.7 Å². The fraction of sp³-hybridized carbons (Fsp3) is 0.429. The summed E-state index contributed by atoms with van der Waals surface area (Å²) in [7, 11) is 4.28. The van der Waals surface area contributed by atoms with Gasteiger partial charge in [-0.3, -0.25) is 0 Å². The molecule has 114 valence electrons. The first kappa shape index (κ1) is 15.0. The lowest BCUT2D eigenvalue weighted by Gasteiger charge is -2.16. The van der Waals surface area contributed by atoms with Crippen LogP contribution in [0.3, 0.4) is 0 Å². The fourth-order valence-electron chi connectivity index (χ4n) is 2.22. The predicted molar refractivity (Wildman–Crippen MR) is 70.9 cm³/mol. The van der Waals surface area contributed by atoms with Gasteiger partial charge < -0.3 is 23.7 Å². The van der Waals surface area contributed by atoms with E-state index in [-0.39, 0.29) is 23.7 Å². The van der Waals surface area contributed by atoms with E-state index in [1.165, 1.54) is 27.4 Å². The molecule has 1 aliphatic heterocycles. The number of carbonyl (C=O) groups excluding carboxylic acids is 2. The summed E-state index contributed by atoms with van der Waals surface area (Å²) in [6, 6.07) is 1.46. The summed E-state index contributed by atoms with van der Waals surface area (Å²) >= 11 is 0. The van der Waals surface area contributed by atoms with Crippen LogP contribution in [0.1, 0.15) is 28.9 Å². The SMILES string of the molecule is CCOC(=O)[C@@H]1OC(=O)c2cc(OC)c(OC)c(OC)c21. The van der Waals surface area contributed by atoms with E-state index in [9.17, 15) is 9.59 Å². The van der Waals surface area contributed by atoms with E-state index in [1.807, 2.05) is 0 Å². The number of fused-ring (bicyclic) bond motifs is 1. The van der Waals surface area contributed by atoms with Gasteiger partial charge in [-0.2, -0.15) is 0 Å². The van der Waals surface area contributed by atoms with E-state index >= 15 is 0 Å². The molecule has 21 heavy (non-hydrogen) atoms. The van der Waals surface area contributed by atoms with Gasteiger partial charge in [0.15, 0.2) is 11.5 Å². The van der Waals surface area contributed by atoms with Crippen molar-refractivity contribution in [3.63, 3.8) is 0 Å². The second-order valence-electron chi connectivity index (χ2n) is 4.14. The Kier molecular flexibility index (Phi) is 4.21. The van der Waals surface area contributed by atoms with Gasteiger partial charge in [-0.25, -0.2) is 9.59 Å². The Hall–Kier alpha value is -2.44. The second kappa shape index (κ2) is 5.90. The highest BCUT2D eigenvalue weighted by atomic mass is 16.6. The highest BCUT2D eigenvalue weighted by Crippen LogP contribution is 2.48. The smallest absolute Gasteiger partial charge is 0.352 e. The van der Waals surface area contributed by atoms with Crippen LogP contribution in [0.5, 0.6) is 17.2 Å². The second-order valence-corrected chi connectivity index (χ2v) is 4.14. The first-order chi connectivity index (χ1) is 10.1. The van der Waals surface area contributed by atoms with Gasteiger partial charge in [0.2, 0.25) is 11.9 Å². The Morgan fingerprint density at radius 1 is 1.19 bits per heavy atom. The minimum atomic E-state index is -1.16. The number of hydrogen-bond donors (Lipinski definition) is 0. The van der Waals surface area contributed by atoms with Crippen molar-refractivity contribution < 1.29 is 33.3 Å². The average molecular weight is 296 g/mol. The first-order valence-corrected chi connectivity index (χ1v) is 6.29. The summed E-state index contributed by atoms with van der Waals surface area (Å²) in [5.74, 6) is -0.478. The van der Waals surface area contributed by atoms with E-state index < -0.39 is 18.0 Å². The zero-order valence-corrected chi connectivity index (χ0v) is 12.2. The van der Waals surface area contributed by atoms with Gasteiger partial charge in [-0.1, -0.05) is 0 Å². The Labute approximate surface area is 121 Å². The molecule has 0 radical (unpaired) electrons. The maximum atomic E-state index is 11.9. The van der Waals surface area contributed by atoms with E-state index in [0.717, 1.165) is 0 Å². The largest absolute Gasteiger partial charge is 0.493 e. The summed E-state index contributed by atoms with van der Waals surface area (Å²) in [6.07, 6.45) is -1.16. The summed E-state index contributed by atoms with van der Waals surface area (Å²) < 4.78 is 25.7. The van der Waals surface area contributed by atoms with E-state index in [0.29, 0.717) is 11.3 Å². The minimum Gasteiger partial charge on any atom is -0.493 e. The summed E-state index contributed by atoms with van der Waals surface area (Å²) in [5.41, 5.74) is 0.487. The molecular weight excluding hydrogens is 280 g/mol. The van der Waals surface area contributed by atoms with Crippen molar-refractivity contribution in [3.8, 4) is 17.2 Å². The molecule has 1 aliphatic rings. The summed E-state index contributed by atoms with van der Waals surface area (Å²) in [4.78, 5) is 23.9. The monoisotopic (exact) mass is 296 g/mol. The molecule has 0 spiro atoms. The lowest BCUT2D eigenvalue weighted by Crippen LogP contribution is -2.16. The van der Waals surface area contributed by atoms with E-state index in [2.05, 4.69) is 0 Å². The molecule has 1 heterocycles. The van der Waals surface area contributed by atoms with Gasteiger partial charge in [0, 0.05) is 0 Å². The molecule has 1 aromatic carbocycles. The molecule has 0 aliphatic carbocycles. The number of benzene rings is 1. The lowest BCUT2D eigenvalue weighted by molar-refractivity contribution is -0.153. The van der Waals surface area contributed by atoms with Crippen LogP contribution in [0, 0.1) is 0 Å². The molecule has 0 N–H and O–H groups in total. The van der Waals surface area contributed by atoms with Gasteiger partial charge >= 0.3 is 11.9 Å². The molecule has 1 aromatic rings. The standard InChI is InChI=1S/C14H16O7/c1-5-20-14(16)12-9-7(13(15)21-12)6-8(17-2)10(18-3)11(9)19-4/h6,12H,5H2,1-4H3/t12-/m1/s1. The molecule has 1 atom stereocenters. The number of carbonyl (C=O) groups is 2. The third kappa shape index (κ3) is 2.35. The van der Waals surface area contributed by atoms with Gasteiger partial charge in [0.25, 0.3) is 0 Å². The quantitative estimate of drug-likeness (QED) is 0.761. The molecule has 0 saturated heterocycles. The van der Waals surface area contributed by atoms with Crippen molar-refractivity contribution in [1.82, 2.24) is 0 Å². The molecular formula is C14H16O7. The van der Waals surface area contributed by atoms with Crippen LogP contribution < -0.4 is 14.2 Å². The molecule has 0 bridgehead atoms. The first-order valence-electron chi connectivity index (χ1n) is 6.29. The molecule has 2 rings (SSSR count). The Balaban J connectivity index is 2.63. The third-order valence-electron chi connectivity index (χ3n) is 3.08. The van der Waals surface area contributed by atoms with Crippen molar-refractivity contribution in [2.24, 2.45) is 0 Å². The van der Waals surface area contributed by atoms with Crippen molar-refractivity contribution in [1.29, 1.82) is 0 Å². The van der Waals surface area contributed by atoms with Crippen LogP contribution in [0.15, 0.2) is 6.07 Å². The third-order valence-corrected chi connectivity index (χ3v) is 3.08. The Morgan fingerprint density at radius 3 is 2.38 bits per heavy atom. The fourth-order valence-corrected chi connectivity index (χ4v) is 2.22. The Bertz CT molecular complexity index is 579. The van der Waals surface area contributed by atoms with Crippen LogP contribution in [0.4, 0.5) is 0 Å². The van der Waals surface area contributed by atoms with Crippen molar-refractivity contribution in [2.75, 3.05) is 27.9 Å². The number of hydrogen-bond acceptors (Lipinski definition) is 7. The molecule has 0 unspecified atom stereocenters. The molecule has 0 fully saturated rings. The number of ether oxygens (including phenoxy) is 5. The van der Waals surface area contributed by atoms with Crippen LogP contribution in [-0.4, -0.2) is 39.9 Å². The zero-order valence-electron chi connectivity index (χ0n) is 12.2. The normalized spacial score (nSPS) is 16.0. The predicted octanol–water partition coefficient (Wildman–Crippen LogP) is 1.49. The molecule has 7 heteroatoms. The van der Waals surface area contributed by atoms with Gasteiger partial charge in [0.1, 0.15) is 0 Å². The topological polar surface area (TPSA) is 80.3 Å². The minimum absolute atomic E-state index is 0.178. The van der Waals surface area contributed by atoms with Gasteiger partial charge in [0.05, 0.1) is 39.1 Å². The molecule has 7 nitrogen and oxygen atoms in total. The van der Waals surface area contributed by atoms with Gasteiger partial charge in [-0.15, -0.1) is 0 Å². The lowest BCUT2D eigenvalue weighted by atomic mass is 10.0. The van der Waals surface area contributed by atoms with Crippen LogP contribution >= 0.6 is 0 Å². The van der Waals surface area contributed by atoms with E-state index in [1.54, 1.807) is 6.92 Å². The average Bonchev–Trinajstić information content (AvgIpc) is 2.82. The Morgan fingerprint density at radius 2 is 1.86 bits per heavy atom. The highest BCUT2D eigenvalue weighted by molar-refractivity contribution is 6.01. The van der Waals surface area contributed by atoms with Gasteiger partial charge in [-0.05, 0) is 13.0 Å². The van der Waals surface area contributed by atoms with Crippen LogP contribution in [-0.2, 0) is 14.3 Å². The number of rotatable bonds is 5. The highest BCUT2D eigenvalue weighted by Gasteiger charge is 2.42. The van der Waals surface area contributed by atoms with Crippen molar-refractivity contribution >= 4 is 11.9 Å². The zero-order chi connectivity index (χ0) is 15.6. The maximum absolute atomic E-state index is 11.9. The van der Waals surface area contributed by atoms with Crippen molar-refractivity contribution in [3.05, 3.63) is 17.2 Å². The van der Waals surface area contributed by atoms with Crippen molar-refractivity contribution in [2.45, 2.75) is 13.0 Å². The molecule has 0 saturated carbocycles. The number of esters is 2. The number of methoxy groups -OCH3 is 3. The summed E-state index contributed by atoms with van der Waals surface area (Å²) in [5, 5.41) is 0. The molecule has 0 amide bonds. The molecule has 0 aromatic heterocycles.